The Morgan fingerprint density at radius 1 is 0.938 bits per heavy atom. The summed E-state index contributed by atoms with van der Waals surface area (Å²) in [5, 5.41) is 42.2. The van der Waals surface area contributed by atoms with E-state index in [1.165, 1.54) is 0 Å². The van der Waals surface area contributed by atoms with E-state index in [4.69, 9.17) is 20.3 Å². The van der Waals surface area contributed by atoms with Crippen molar-refractivity contribution in [2.45, 2.75) is 66.3 Å². The zero-order chi connectivity index (χ0) is 32.0. The first-order chi connectivity index (χ1) is 20.9. The Morgan fingerprint density at radius 2 is 1.60 bits per heavy atom. The second kappa shape index (κ2) is 18.2. The maximum atomic E-state index is 12.5. The number of hydrogen-bond acceptors (Lipinski definition) is 7. The van der Waals surface area contributed by atoms with Crippen molar-refractivity contribution in [3.63, 3.8) is 0 Å². The van der Waals surface area contributed by atoms with Crippen LogP contribution in [0.1, 0.15) is 73.7 Å². The normalized spacial score (nSPS) is 23.1. The minimum absolute atomic E-state index is 0. The first-order valence-electron chi connectivity index (χ1n) is 14.6. The van der Waals surface area contributed by atoms with Crippen molar-refractivity contribution >= 4 is 47.9 Å². The van der Waals surface area contributed by atoms with Gasteiger partial charge in [0.15, 0.2) is 0 Å². The summed E-state index contributed by atoms with van der Waals surface area (Å²) in [7, 11) is 0. The van der Waals surface area contributed by atoms with Gasteiger partial charge in [-0.25, -0.2) is 0 Å². The molecule has 3 unspecified atom stereocenters. The van der Waals surface area contributed by atoms with Crippen molar-refractivity contribution < 1.29 is 135 Å². The molecule has 5 rings (SSSR count). The van der Waals surface area contributed by atoms with Crippen molar-refractivity contribution in [1.82, 2.24) is 9.97 Å². The number of carbonyl (C=O) groups is 3. The monoisotopic (exact) mass is 724 g/mol. The number of rotatable bonds is 8. The molecule has 2 aromatic heterocycles. The fraction of sp³-hybridized carbons (Fsp3) is 0.353. The van der Waals surface area contributed by atoms with E-state index < -0.39 is 36.3 Å². The Kier molecular flexibility index (Phi) is 17.0. The Balaban J connectivity index is 0.00000288. The predicted octanol–water partition coefficient (Wildman–Crippen LogP) is -9.15. The van der Waals surface area contributed by atoms with Gasteiger partial charge in [-0.2, -0.15) is 0 Å². The van der Waals surface area contributed by atoms with Gasteiger partial charge in [0.1, 0.15) is 0 Å². The number of carbonyl (C=O) groups excluding carboxylic acids is 3. The van der Waals surface area contributed by atoms with Gasteiger partial charge in [-0.05, 0) is 51.2 Å². The molecular formula is C34H32CuN4Na3O6-3. The molecule has 241 valence electrons. The van der Waals surface area contributed by atoms with Crippen LogP contribution in [0.25, 0.3) is 29.6 Å². The molecule has 0 N–H and O–H groups in total. The Bertz CT molecular complexity index is 1890. The molecule has 0 aliphatic carbocycles. The van der Waals surface area contributed by atoms with E-state index in [0.29, 0.717) is 45.5 Å². The molecule has 2 aromatic rings. The Hall–Kier alpha value is -1.34. The van der Waals surface area contributed by atoms with E-state index in [0.717, 1.165) is 22.3 Å². The summed E-state index contributed by atoms with van der Waals surface area (Å²) in [5.74, 6) is -5.10. The molecule has 14 heteroatoms. The number of aliphatic carboxylic acids is 3. The average Bonchev–Trinajstić information content (AvgIpc) is 3.63. The molecule has 3 aliphatic rings. The van der Waals surface area contributed by atoms with E-state index in [1.54, 1.807) is 25.2 Å². The fourth-order valence-electron chi connectivity index (χ4n) is 6.53. The number of fused-ring (bicyclic) bond motifs is 7. The fourth-order valence-corrected chi connectivity index (χ4v) is 6.53. The molecule has 0 saturated carbocycles. The van der Waals surface area contributed by atoms with Crippen LogP contribution in [0.4, 0.5) is 0 Å². The van der Waals surface area contributed by atoms with Crippen LogP contribution in [0.3, 0.4) is 0 Å². The van der Waals surface area contributed by atoms with Crippen molar-refractivity contribution in [2.75, 3.05) is 0 Å². The van der Waals surface area contributed by atoms with E-state index in [-0.39, 0.29) is 141 Å². The van der Waals surface area contributed by atoms with Crippen LogP contribution in [-0.4, -0.2) is 29.7 Å². The third-order valence-corrected chi connectivity index (χ3v) is 8.96. The summed E-state index contributed by atoms with van der Waals surface area (Å²) in [6.45, 7) is 13.4. The third kappa shape index (κ3) is 8.57. The van der Waals surface area contributed by atoms with Gasteiger partial charge in [0.25, 0.3) is 0 Å². The second-order valence-electron chi connectivity index (χ2n) is 11.4. The minimum Gasteiger partial charge on any atom is -0.674 e. The van der Waals surface area contributed by atoms with Gasteiger partial charge in [0.05, 0.1) is 5.97 Å². The third-order valence-electron chi connectivity index (χ3n) is 8.96. The van der Waals surface area contributed by atoms with Crippen molar-refractivity contribution in [1.29, 1.82) is 0 Å². The number of nitrogens with zero attached hydrogens (tertiary/aromatic N) is 4. The zero-order valence-corrected chi connectivity index (χ0v) is 35.6. The van der Waals surface area contributed by atoms with Crippen molar-refractivity contribution in [2.24, 2.45) is 16.8 Å². The maximum Gasteiger partial charge on any atom is 1.00 e. The van der Waals surface area contributed by atoms with Crippen LogP contribution in [0, 0.1) is 25.7 Å². The molecular weight excluding hydrogens is 693 g/mol. The van der Waals surface area contributed by atoms with Gasteiger partial charge in [-0.15, -0.1) is 27.8 Å². The number of carboxylic acids is 3. The number of allylic oxidation sites excluding steroid dienone is 2. The van der Waals surface area contributed by atoms with E-state index in [2.05, 4.69) is 6.58 Å². The summed E-state index contributed by atoms with van der Waals surface area (Å²) < 4.78 is 0. The molecule has 8 bridgehead atoms. The van der Waals surface area contributed by atoms with Crippen molar-refractivity contribution in [3.8, 4) is 0 Å². The van der Waals surface area contributed by atoms with Crippen LogP contribution < -0.4 is 125 Å². The summed E-state index contributed by atoms with van der Waals surface area (Å²) in [5.41, 5.74) is 6.36. The number of aliphatic imine (C=N–C) groups is 1. The zero-order valence-electron chi connectivity index (χ0n) is 28.6. The van der Waals surface area contributed by atoms with Crippen LogP contribution in [0.15, 0.2) is 39.7 Å². The summed E-state index contributed by atoms with van der Waals surface area (Å²) in [6, 6.07) is -1.22. The first kappa shape index (κ1) is 44.7. The largest absolute Gasteiger partial charge is 1.00 e. The van der Waals surface area contributed by atoms with Gasteiger partial charge >= 0.3 is 88.7 Å². The van der Waals surface area contributed by atoms with E-state index >= 15 is 0 Å². The molecule has 0 saturated heterocycles. The second-order valence-corrected chi connectivity index (χ2v) is 11.4. The average molecular weight is 725 g/mol. The van der Waals surface area contributed by atoms with Crippen molar-refractivity contribution in [3.05, 3.63) is 84.3 Å². The molecule has 0 fully saturated rings. The first-order valence-corrected chi connectivity index (χ1v) is 14.6. The SMILES string of the molecule is C=Cc1c(C)/c2[n-]/c1=C\c1[n-]c(c(CC)c1C)/C=C1\[N-]C(C(C(=O)[O-])=C1C)/C(CC(=O)[O-])=C1N=C(\C=2)C(C)C\1CCC(=O)[O-].[Cu].[Na+].[Na+].[Na+]. The van der Waals surface area contributed by atoms with Crippen LogP contribution in [0.2, 0.25) is 0 Å². The van der Waals surface area contributed by atoms with Gasteiger partial charge in [0.2, 0.25) is 0 Å². The summed E-state index contributed by atoms with van der Waals surface area (Å²) in [6.07, 6.45) is 6.95. The molecule has 10 nitrogen and oxygen atoms in total. The van der Waals surface area contributed by atoms with E-state index in [1.807, 2.05) is 33.8 Å². The molecule has 48 heavy (non-hydrogen) atoms. The Labute approximate surface area is 356 Å². The van der Waals surface area contributed by atoms with Gasteiger partial charge in [-0.1, -0.05) is 78.6 Å². The summed E-state index contributed by atoms with van der Waals surface area (Å²) in [4.78, 5) is 50.8. The van der Waals surface area contributed by atoms with Crippen LogP contribution in [0.5, 0.6) is 0 Å². The Morgan fingerprint density at radius 3 is 2.17 bits per heavy atom. The van der Waals surface area contributed by atoms with Crippen LogP contribution >= 0.6 is 0 Å². The topological polar surface area (TPSA) is 175 Å². The quantitative estimate of drug-likeness (QED) is 0.241. The molecule has 0 amide bonds. The minimum atomic E-state index is -1.49. The molecule has 3 atom stereocenters. The van der Waals surface area contributed by atoms with Gasteiger partial charge < -0.3 is 45.0 Å². The van der Waals surface area contributed by atoms with Gasteiger partial charge in [0, 0.05) is 58.7 Å². The molecule has 0 aromatic carbocycles. The number of carboxylic acid groups (broad SMARTS) is 3. The maximum absolute atomic E-state index is 12.5. The molecule has 5 heterocycles. The number of aromatic nitrogens is 2. The number of hydrogen-bond donors (Lipinski definition) is 0. The van der Waals surface area contributed by atoms with E-state index in [9.17, 15) is 29.7 Å². The standard InChI is InChI=1S/C34H38N4O6.Cu.3Na/c1-7-19-15(3)23-12-25-17(5)21(9-10-29(39)40)32(37-25)22(11-30(41)42)33-31(34(43)44)18(6)26(38-33)14-28-20(8-2)16(4)24(36-28)13-27(19)35-23;;;;/h7,12-14,17,21,33H,1,8-11H2,2-6H3,(H6,35,36,37,38,39,40,41,42,43,44);;;;/q;;3*+1/p-6/b32-22-;;;;. The molecule has 1 radical (unpaired) electrons. The predicted molar refractivity (Wildman–Crippen MR) is 160 cm³/mol. The molecule has 0 spiro atoms. The molecule has 3 aliphatic heterocycles. The van der Waals surface area contributed by atoms with Crippen LogP contribution in [-0.2, 0) is 37.9 Å². The smallest absolute Gasteiger partial charge is 0.674 e. The van der Waals surface area contributed by atoms with Gasteiger partial charge in [-0.3, -0.25) is 4.99 Å². The summed E-state index contributed by atoms with van der Waals surface area (Å²) >= 11 is 0.